The number of carbonyl (C=O) groups excluding carboxylic acids is 3. The predicted molar refractivity (Wildman–Crippen MR) is 147 cm³/mol. The van der Waals surface area contributed by atoms with E-state index in [9.17, 15) is 18.8 Å². The molecule has 3 rings (SSSR count). The van der Waals surface area contributed by atoms with Crippen molar-refractivity contribution in [2.45, 2.75) is 26.3 Å². The molecule has 3 N–H and O–H groups in total. The van der Waals surface area contributed by atoms with Crippen LogP contribution in [0.25, 0.3) is 0 Å². The van der Waals surface area contributed by atoms with Gasteiger partial charge >= 0.3 is 11.9 Å². The van der Waals surface area contributed by atoms with Crippen molar-refractivity contribution in [3.63, 3.8) is 0 Å². The van der Waals surface area contributed by atoms with Crippen LogP contribution in [-0.2, 0) is 25.7 Å². The minimum Gasteiger partial charge on any atom is -0.473 e. The Labute approximate surface area is 237 Å². The maximum Gasteiger partial charge on any atom is 0.414 e. The zero-order chi connectivity index (χ0) is 30.4. The van der Waals surface area contributed by atoms with Crippen molar-refractivity contribution in [3.8, 4) is 0 Å². The summed E-state index contributed by atoms with van der Waals surface area (Å²) in [5.74, 6) is -4.13. The lowest BCUT2D eigenvalue weighted by Crippen LogP contribution is -2.43. The third kappa shape index (κ3) is 11.5. The summed E-state index contributed by atoms with van der Waals surface area (Å²) in [5.41, 5.74) is 2.08. The summed E-state index contributed by atoms with van der Waals surface area (Å²) in [6, 6.07) is 13.0. The van der Waals surface area contributed by atoms with Crippen LogP contribution < -0.4 is 5.32 Å². The SMILES string of the molecule is COCCN(CCN1CCC(C(=O)c2ccc(F)cc2)CC1)C(=O)c1ccc(CNC(C)=O)cc1.O=C(O)C(=O)O. The molecule has 0 bridgehead atoms. The Morgan fingerprint density at radius 2 is 1.49 bits per heavy atom. The number of nitrogens with zero attached hydrogens (tertiary/aromatic N) is 2. The second kappa shape index (κ2) is 16.8. The topological polar surface area (TPSA) is 154 Å². The molecule has 0 atom stereocenters. The Morgan fingerprint density at radius 3 is 2.00 bits per heavy atom. The minimum absolute atomic E-state index is 0.0565. The number of halogens is 1. The molecule has 1 saturated heterocycles. The maximum atomic E-state index is 13.1. The number of likely N-dealkylation sites (tertiary alicyclic amines) is 1. The largest absolute Gasteiger partial charge is 0.473 e. The molecule has 2 aromatic rings. The third-order valence-corrected chi connectivity index (χ3v) is 6.55. The molecule has 1 aliphatic heterocycles. The molecule has 2 amide bonds. The van der Waals surface area contributed by atoms with Crippen molar-refractivity contribution in [1.82, 2.24) is 15.1 Å². The van der Waals surface area contributed by atoms with E-state index in [0.29, 0.717) is 43.9 Å². The molecule has 1 fully saturated rings. The maximum absolute atomic E-state index is 13.1. The fourth-order valence-electron chi connectivity index (χ4n) is 4.22. The molecular formula is C29H36FN3O8. The number of aliphatic carboxylic acids is 2. The van der Waals surface area contributed by atoms with Gasteiger partial charge in [0.25, 0.3) is 5.91 Å². The monoisotopic (exact) mass is 573 g/mol. The fourth-order valence-corrected chi connectivity index (χ4v) is 4.22. The van der Waals surface area contributed by atoms with Gasteiger partial charge in [0.15, 0.2) is 5.78 Å². The molecule has 0 aromatic heterocycles. The molecule has 1 heterocycles. The van der Waals surface area contributed by atoms with Crippen LogP contribution in [0.15, 0.2) is 48.5 Å². The number of methoxy groups -OCH3 is 1. The number of carboxylic acids is 2. The highest BCUT2D eigenvalue weighted by atomic mass is 19.1. The Hall–Kier alpha value is -4.16. The van der Waals surface area contributed by atoms with Crippen molar-refractivity contribution in [3.05, 3.63) is 71.0 Å². The highest BCUT2D eigenvalue weighted by Crippen LogP contribution is 2.22. The van der Waals surface area contributed by atoms with Gasteiger partial charge in [0.2, 0.25) is 5.91 Å². The van der Waals surface area contributed by atoms with Crippen LogP contribution in [0.4, 0.5) is 4.39 Å². The molecule has 2 aromatic carbocycles. The van der Waals surface area contributed by atoms with Gasteiger partial charge in [-0.3, -0.25) is 14.4 Å². The van der Waals surface area contributed by atoms with E-state index in [1.165, 1.54) is 19.1 Å². The third-order valence-electron chi connectivity index (χ3n) is 6.55. The number of ketones is 1. The number of hydrogen-bond donors (Lipinski definition) is 3. The van der Waals surface area contributed by atoms with Crippen LogP contribution in [0.3, 0.4) is 0 Å². The molecule has 12 heteroatoms. The van der Waals surface area contributed by atoms with Crippen molar-refractivity contribution in [2.75, 3.05) is 46.4 Å². The van der Waals surface area contributed by atoms with E-state index in [4.69, 9.17) is 24.5 Å². The van der Waals surface area contributed by atoms with Gasteiger partial charge < -0.3 is 30.1 Å². The second-order valence-electron chi connectivity index (χ2n) is 9.49. The summed E-state index contributed by atoms with van der Waals surface area (Å²) in [5, 5.41) is 17.5. The smallest absolute Gasteiger partial charge is 0.414 e. The van der Waals surface area contributed by atoms with Crippen molar-refractivity contribution >= 4 is 29.5 Å². The number of carbonyl (C=O) groups is 5. The van der Waals surface area contributed by atoms with Crippen LogP contribution >= 0.6 is 0 Å². The molecule has 0 spiro atoms. The molecular weight excluding hydrogens is 537 g/mol. The first-order valence-corrected chi connectivity index (χ1v) is 13.1. The number of piperidine rings is 1. The summed E-state index contributed by atoms with van der Waals surface area (Å²) < 4.78 is 18.3. The van der Waals surface area contributed by atoms with Crippen LogP contribution in [0.5, 0.6) is 0 Å². The van der Waals surface area contributed by atoms with Crippen LogP contribution in [-0.4, -0.2) is 96.0 Å². The van der Waals surface area contributed by atoms with E-state index in [1.54, 1.807) is 36.3 Å². The van der Waals surface area contributed by atoms with Crippen molar-refractivity contribution < 1.29 is 43.3 Å². The molecule has 11 nitrogen and oxygen atoms in total. The molecule has 0 aliphatic carbocycles. The quantitative estimate of drug-likeness (QED) is 0.271. The average Bonchev–Trinajstić information content (AvgIpc) is 2.96. The number of carboxylic acid groups (broad SMARTS) is 2. The highest BCUT2D eigenvalue weighted by Gasteiger charge is 2.26. The van der Waals surface area contributed by atoms with Gasteiger partial charge in [-0.15, -0.1) is 0 Å². The lowest BCUT2D eigenvalue weighted by Gasteiger charge is -2.33. The van der Waals surface area contributed by atoms with E-state index in [0.717, 1.165) is 31.5 Å². The number of nitrogens with one attached hydrogen (secondary N) is 1. The van der Waals surface area contributed by atoms with E-state index >= 15 is 0 Å². The zero-order valence-corrected chi connectivity index (χ0v) is 23.2. The predicted octanol–water partition coefficient (Wildman–Crippen LogP) is 2.30. The van der Waals surface area contributed by atoms with Crippen LogP contribution in [0.2, 0.25) is 0 Å². The van der Waals surface area contributed by atoms with Crippen molar-refractivity contribution in [2.24, 2.45) is 5.92 Å². The first kappa shape index (κ1) is 33.0. The Kier molecular flexibility index (Phi) is 13.6. The summed E-state index contributed by atoms with van der Waals surface area (Å²) in [7, 11) is 1.61. The Bertz CT molecular complexity index is 1170. The number of benzene rings is 2. The van der Waals surface area contributed by atoms with Gasteiger partial charge in [-0.1, -0.05) is 12.1 Å². The molecule has 0 unspecified atom stereocenters. The van der Waals surface area contributed by atoms with Gasteiger partial charge in [-0.25, -0.2) is 14.0 Å². The standard InChI is InChI=1S/C27H34FN3O4.C2H2O4/c1-20(32)29-19-21-3-5-24(6-4-21)27(34)31(17-18-35-2)16-15-30-13-11-23(12-14-30)26(33)22-7-9-25(28)10-8-22;3-1(4)2(5)6/h3-10,23H,11-19H2,1-2H3,(H,29,32);(H,3,4)(H,5,6). The molecule has 1 aliphatic rings. The highest BCUT2D eigenvalue weighted by molar-refractivity contribution is 6.27. The normalized spacial score (nSPS) is 13.4. The van der Waals surface area contributed by atoms with E-state index in [1.807, 2.05) is 12.1 Å². The lowest BCUT2D eigenvalue weighted by atomic mass is 9.89. The zero-order valence-electron chi connectivity index (χ0n) is 23.2. The van der Waals surface area contributed by atoms with Gasteiger partial charge in [0.05, 0.1) is 6.61 Å². The molecule has 222 valence electrons. The number of ether oxygens (including phenoxy) is 1. The first-order chi connectivity index (χ1) is 19.5. The molecule has 41 heavy (non-hydrogen) atoms. The van der Waals surface area contributed by atoms with Gasteiger partial charge in [-0.2, -0.15) is 0 Å². The fraction of sp³-hybridized carbons (Fsp3) is 0.414. The lowest BCUT2D eigenvalue weighted by molar-refractivity contribution is -0.159. The number of amides is 2. The van der Waals surface area contributed by atoms with Crippen molar-refractivity contribution in [1.29, 1.82) is 0 Å². The average molecular weight is 574 g/mol. The summed E-state index contributed by atoms with van der Waals surface area (Å²) in [6.45, 7) is 5.67. The number of rotatable bonds is 11. The van der Waals surface area contributed by atoms with Gasteiger partial charge in [-0.05, 0) is 67.9 Å². The Balaban J connectivity index is 0.000000883. The first-order valence-electron chi connectivity index (χ1n) is 13.1. The number of hydrogen-bond acceptors (Lipinski definition) is 7. The van der Waals surface area contributed by atoms with E-state index in [-0.39, 0.29) is 29.3 Å². The van der Waals surface area contributed by atoms with Gasteiger partial charge in [0.1, 0.15) is 5.82 Å². The molecule has 0 saturated carbocycles. The van der Waals surface area contributed by atoms with Crippen LogP contribution in [0, 0.1) is 11.7 Å². The summed E-state index contributed by atoms with van der Waals surface area (Å²) in [6.07, 6.45) is 1.50. The summed E-state index contributed by atoms with van der Waals surface area (Å²) >= 11 is 0. The number of Topliss-reactive ketones (excluding diaryl/α,β-unsaturated/α-hetero) is 1. The van der Waals surface area contributed by atoms with E-state index in [2.05, 4.69) is 10.2 Å². The minimum atomic E-state index is -1.82. The summed E-state index contributed by atoms with van der Waals surface area (Å²) in [4.78, 5) is 59.2. The Morgan fingerprint density at radius 1 is 0.927 bits per heavy atom. The van der Waals surface area contributed by atoms with Gasteiger partial charge in [0, 0.05) is 57.3 Å². The molecule has 0 radical (unpaired) electrons. The van der Waals surface area contributed by atoms with Crippen LogP contribution in [0.1, 0.15) is 46.0 Å². The van der Waals surface area contributed by atoms with E-state index < -0.39 is 11.9 Å². The second-order valence-corrected chi connectivity index (χ2v) is 9.49.